The minimum Gasteiger partial charge on any atom is -0.362 e. The van der Waals surface area contributed by atoms with Crippen LogP contribution in [0.4, 0.5) is 0 Å². The van der Waals surface area contributed by atoms with E-state index in [0.29, 0.717) is 24.9 Å². The molecule has 0 aromatic heterocycles. The van der Waals surface area contributed by atoms with Crippen LogP contribution in [-0.2, 0) is 19.0 Å². The maximum absolute atomic E-state index is 12.7. The molecule has 104 valence electrons. The third-order valence-electron chi connectivity index (χ3n) is 6.75. The second-order valence-corrected chi connectivity index (χ2v) is 7.13. The first kappa shape index (κ1) is 11.2. The zero-order valence-corrected chi connectivity index (χ0v) is 11.3. The molecule has 0 amide bonds. The topological polar surface area (TPSA) is 44.8 Å². The van der Waals surface area contributed by atoms with Gasteiger partial charge >= 0.3 is 0 Å². The van der Waals surface area contributed by atoms with E-state index in [4.69, 9.17) is 14.2 Å². The Bertz CT molecular complexity index is 463. The zero-order valence-electron chi connectivity index (χ0n) is 11.3. The maximum atomic E-state index is 12.7. The molecule has 4 heteroatoms. The predicted octanol–water partition coefficient (Wildman–Crippen LogP) is 1.67. The minimum atomic E-state index is -0.447. The summed E-state index contributed by atoms with van der Waals surface area (Å²) in [6.45, 7) is 3.53. The van der Waals surface area contributed by atoms with Crippen LogP contribution in [0.15, 0.2) is 0 Å². The van der Waals surface area contributed by atoms with Crippen LogP contribution in [0.5, 0.6) is 0 Å². The predicted molar refractivity (Wildman–Crippen MR) is 65.4 cm³/mol. The molecule has 4 nitrogen and oxygen atoms in total. The molecule has 0 aromatic carbocycles. The summed E-state index contributed by atoms with van der Waals surface area (Å²) in [5.41, 5.74) is -0.565. The largest absolute Gasteiger partial charge is 0.362 e. The van der Waals surface area contributed by atoms with Crippen LogP contribution in [0.1, 0.15) is 39.0 Å². The summed E-state index contributed by atoms with van der Waals surface area (Å²) in [6.07, 6.45) is 4.91. The van der Waals surface area contributed by atoms with Crippen molar-refractivity contribution in [3.8, 4) is 0 Å². The normalized spacial score (nSPS) is 52.1. The van der Waals surface area contributed by atoms with Crippen LogP contribution in [-0.4, -0.2) is 36.5 Å². The lowest BCUT2D eigenvalue weighted by Gasteiger charge is -2.53. The summed E-state index contributed by atoms with van der Waals surface area (Å²) in [5.74, 6) is 0.516. The Kier molecular flexibility index (Phi) is 1.82. The number of carbonyl (C=O) groups is 1. The van der Waals surface area contributed by atoms with Gasteiger partial charge in [-0.1, -0.05) is 6.42 Å². The highest BCUT2D eigenvalue weighted by Gasteiger charge is 2.80. The summed E-state index contributed by atoms with van der Waals surface area (Å²) in [4.78, 5) is 12.7. The van der Waals surface area contributed by atoms with E-state index in [2.05, 4.69) is 6.92 Å². The van der Waals surface area contributed by atoms with Gasteiger partial charge in [0.15, 0.2) is 11.6 Å². The first-order valence-corrected chi connectivity index (χ1v) is 7.63. The van der Waals surface area contributed by atoms with E-state index in [1.54, 1.807) is 0 Å². The fourth-order valence-corrected chi connectivity index (χ4v) is 5.84. The van der Waals surface area contributed by atoms with Crippen molar-refractivity contribution in [2.24, 2.45) is 17.3 Å². The molecule has 3 heterocycles. The molecule has 3 saturated heterocycles. The lowest BCUT2D eigenvalue weighted by atomic mass is 9.49. The first-order valence-electron chi connectivity index (χ1n) is 7.63. The van der Waals surface area contributed by atoms with E-state index < -0.39 is 5.79 Å². The number of carbonyl (C=O) groups excluding carboxylic acids is 1. The molecule has 0 aromatic rings. The van der Waals surface area contributed by atoms with E-state index >= 15 is 0 Å². The Morgan fingerprint density at radius 2 is 1.89 bits per heavy atom. The Labute approximate surface area is 112 Å². The summed E-state index contributed by atoms with van der Waals surface area (Å²) in [7, 11) is 0. The van der Waals surface area contributed by atoms with Gasteiger partial charge in [-0.2, -0.15) is 0 Å². The van der Waals surface area contributed by atoms with E-state index in [1.165, 1.54) is 0 Å². The van der Waals surface area contributed by atoms with Gasteiger partial charge in [-0.05, 0) is 26.2 Å². The van der Waals surface area contributed by atoms with E-state index in [-0.39, 0.29) is 23.0 Å². The molecule has 3 aliphatic heterocycles. The number of fused-ring (bicyclic) bond motifs is 7. The average molecular weight is 264 g/mol. The zero-order chi connectivity index (χ0) is 12.9. The van der Waals surface area contributed by atoms with Crippen molar-refractivity contribution in [2.75, 3.05) is 13.2 Å². The van der Waals surface area contributed by atoms with Crippen LogP contribution in [0, 0.1) is 17.3 Å². The van der Waals surface area contributed by atoms with Crippen LogP contribution in [0.25, 0.3) is 0 Å². The number of ketones is 1. The van der Waals surface area contributed by atoms with Crippen molar-refractivity contribution >= 4 is 5.78 Å². The molecule has 2 saturated carbocycles. The molecule has 4 atom stereocenters. The number of Topliss-reactive ketones (excluding diaryl/α,β-unsaturated/α-hetero) is 1. The van der Waals surface area contributed by atoms with Gasteiger partial charge in [0.2, 0.25) is 0 Å². The Morgan fingerprint density at radius 1 is 1.16 bits per heavy atom. The lowest BCUT2D eigenvalue weighted by Crippen LogP contribution is -2.62. The van der Waals surface area contributed by atoms with Gasteiger partial charge in [-0.25, -0.2) is 0 Å². The second kappa shape index (κ2) is 3.07. The third kappa shape index (κ3) is 0.958. The van der Waals surface area contributed by atoms with Crippen molar-refractivity contribution in [1.29, 1.82) is 0 Å². The molecule has 0 N–H and O–H groups in total. The van der Waals surface area contributed by atoms with E-state index in [0.717, 1.165) is 32.1 Å². The molecule has 5 aliphatic rings. The molecular formula is C15H20O4. The van der Waals surface area contributed by atoms with Crippen molar-refractivity contribution < 1.29 is 19.0 Å². The fraction of sp³-hybridized carbons (Fsp3) is 0.933. The highest BCUT2D eigenvalue weighted by molar-refractivity contribution is 5.95. The summed E-state index contributed by atoms with van der Waals surface area (Å²) < 4.78 is 18.3. The lowest BCUT2D eigenvalue weighted by molar-refractivity contribution is -0.234. The van der Waals surface area contributed by atoms with Gasteiger partial charge < -0.3 is 14.2 Å². The van der Waals surface area contributed by atoms with Crippen LogP contribution >= 0.6 is 0 Å². The SMILES string of the molecule is C[C@@]12O[C@@H](C(=O)C13CCC3)[C@@H]1CCC3(OCCO3)[C@@H]12. The molecule has 2 aliphatic carbocycles. The summed E-state index contributed by atoms with van der Waals surface area (Å²) in [6, 6.07) is 0. The smallest absolute Gasteiger partial charge is 0.174 e. The summed E-state index contributed by atoms with van der Waals surface area (Å²) in [5, 5.41) is 0. The standard InChI is InChI=1S/C15H20O4/c1-13-11-9(3-6-15(11)17-7-8-18-15)10(19-13)12(16)14(13)4-2-5-14/h9-11H,2-8H2,1H3/t9-,10+,11-,13-/m0/s1. The minimum absolute atomic E-state index is 0.178. The number of ether oxygens (including phenoxy) is 3. The Hall–Kier alpha value is -0.450. The van der Waals surface area contributed by atoms with Crippen LogP contribution in [0.2, 0.25) is 0 Å². The second-order valence-electron chi connectivity index (χ2n) is 7.13. The molecule has 2 bridgehead atoms. The van der Waals surface area contributed by atoms with E-state index in [9.17, 15) is 4.79 Å². The van der Waals surface area contributed by atoms with Gasteiger partial charge in [0.05, 0.1) is 24.2 Å². The van der Waals surface area contributed by atoms with Gasteiger partial charge in [0.1, 0.15) is 6.10 Å². The van der Waals surface area contributed by atoms with Crippen molar-refractivity contribution in [1.82, 2.24) is 0 Å². The van der Waals surface area contributed by atoms with Gasteiger partial charge in [0.25, 0.3) is 0 Å². The summed E-state index contributed by atoms with van der Waals surface area (Å²) >= 11 is 0. The number of hydrogen-bond donors (Lipinski definition) is 0. The van der Waals surface area contributed by atoms with Crippen molar-refractivity contribution in [3.63, 3.8) is 0 Å². The number of rotatable bonds is 0. The van der Waals surface area contributed by atoms with Crippen molar-refractivity contribution in [2.45, 2.75) is 56.5 Å². The third-order valence-corrected chi connectivity index (χ3v) is 6.75. The quantitative estimate of drug-likeness (QED) is 0.667. The molecule has 19 heavy (non-hydrogen) atoms. The van der Waals surface area contributed by atoms with Gasteiger partial charge in [0, 0.05) is 18.3 Å². The molecule has 5 rings (SSSR count). The maximum Gasteiger partial charge on any atom is 0.174 e. The van der Waals surface area contributed by atoms with Crippen LogP contribution < -0.4 is 0 Å². The molecule has 0 radical (unpaired) electrons. The molecule has 5 fully saturated rings. The fourth-order valence-electron chi connectivity index (χ4n) is 5.84. The number of hydrogen-bond acceptors (Lipinski definition) is 4. The highest BCUT2D eigenvalue weighted by atomic mass is 16.7. The van der Waals surface area contributed by atoms with Crippen LogP contribution in [0.3, 0.4) is 0 Å². The molecule has 2 spiro atoms. The van der Waals surface area contributed by atoms with Gasteiger partial charge in [-0.15, -0.1) is 0 Å². The van der Waals surface area contributed by atoms with Crippen molar-refractivity contribution in [3.05, 3.63) is 0 Å². The Balaban J connectivity index is 1.64. The average Bonchev–Trinajstić information content (AvgIpc) is 3.01. The molecular weight excluding hydrogens is 244 g/mol. The van der Waals surface area contributed by atoms with Gasteiger partial charge in [-0.3, -0.25) is 4.79 Å². The Morgan fingerprint density at radius 3 is 2.53 bits per heavy atom. The van der Waals surface area contributed by atoms with E-state index in [1.807, 2.05) is 0 Å². The highest BCUT2D eigenvalue weighted by Crippen LogP contribution is 2.71. The monoisotopic (exact) mass is 264 g/mol. The molecule has 0 unspecified atom stereocenters. The first-order chi connectivity index (χ1) is 9.13.